The SMILES string of the molecule is CC(C)c1ccc(C(Br)C2CCCCO2)cc1. The van der Waals surface area contributed by atoms with E-state index in [0.29, 0.717) is 16.8 Å². The predicted molar refractivity (Wildman–Crippen MR) is 75.8 cm³/mol. The summed E-state index contributed by atoms with van der Waals surface area (Å²) in [5, 5.41) is 0. The maximum absolute atomic E-state index is 5.82. The lowest BCUT2D eigenvalue weighted by atomic mass is 9.97. The molecular weight excluding hydrogens is 276 g/mol. The molecule has 94 valence electrons. The fourth-order valence-corrected chi connectivity index (χ4v) is 3.00. The first-order valence-corrected chi connectivity index (χ1v) is 7.45. The van der Waals surface area contributed by atoms with E-state index in [1.54, 1.807) is 0 Å². The van der Waals surface area contributed by atoms with Gasteiger partial charge in [0.15, 0.2) is 0 Å². The lowest BCUT2D eigenvalue weighted by Crippen LogP contribution is -2.23. The van der Waals surface area contributed by atoms with Crippen LogP contribution < -0.4 is 0 Å². The average molecular weight is 297 g/mol. The molecule has 17 heavy (non-hydrogen) atoms. The maximum atomic E-state index is 5.82. The Morgan fingerprint density at radius 3 is 2.29 bits per heavy atom. The van der Waals surface area contributed by atoms with Gasteiger partial charge in [-0.2, -0.15) is 0 Å². The Morgan fingerprint density at radius 2 is 1.76 bits per heavy atom. The second kappa shape index (κ2) is 6.01. The van der Waals surface area contributed by atoms with E-state index in [1.165, 1.54) is 30.4 Å². The van der Waals surface area contributed by atoms with Crippen LogP contribution in [0.4, 0.5) is 0 Å². The number of rotatable bonds is 3. The molecule has 1 aromatic rings. The Hall–Kier alpha value is -0.340. The molecule has 2 heteroatoms. The molecule has 1 aliphatic heterocycles. The third-order valence-electron chi connectivity index (χ3n) is 3.46. The molecule has 1 heterocycles. The molecule has 1 nitrogen and oxygen atoms in total. The number of hydrogen-bond acceptors (Lipinski definition) is 1. The van der Waals surface area contributed by atoms with E-state index in [9.17, 15) is 0 Å². The summed E-state index contributed by atoms with van der Waals surface area (Å²) < 4.78 is 5.82. The molecule has 0 spiro atoms. The van der Waals surface area contributed by atoms with Crippen LogP contribution in [0.2, 0.25) is 0 Å². The predicted octanol–water partition coefficient (Wildman–Crippen LogP) is 4.82. The fraction of sp³-hybridized carbons (Fsp3) is 0.600. The van der Waals surface area contributed by atoms with Gasteiger partial charge in [0.25, 0.3) is 0 Å². The van der Waals surface area contributed by atoms with Crippen LogP contribution in [0.15, 0.2) is 24.3 Å². The van der Waals surface area contributed by atoms with Gasteiger partial charge in [0, 0.05) is 6.61 Å². The molecule has 2 rings (SSSR count). The highest BCUT2D eigenvalue weighted by atomic mass is 79.9. The summed E-state index contributed by atoms with van der Waals surface area (Å²) in [6.45, 7) is 5.37. The van der Waals surface area contributed by atoms with Gasteiger partial charge in [0.2, 0.25) is 0 Å². The van der Waals surface area contributed by atoms with Crippen molar-refractivity contribution in [3.63, 3.8) is 0 Å². The Labute approximate surface area is 113 Å². The van der Waals surface area contributed by atoms with Crippen LogP contribution >= 0.6 is 15.9 Å². The number of hydrogen-bond donors (Lipinski definition) is 0. The van der Waals surface area contributed by atoms with Gasteiger partial charge in [0.1, 0.15) is 0 Å². The van der Waals surface area contributed by atoms with Gasteiger partial charge >= 0.3 is 0 Å². The van der Waals surface area contributed by atoms with Crippen molar-refractivity contribution in [2.45, 2.75) is 50.0 Å². The average Bonchev–Trinajstić information content (AvgIpc) is 2.39. The largest absolute Gasteiger partial charge is 0.377 e. The smallest absolute Gasteiger partial charge is 0.0740 e. The third kappa shape index (κ3) is 3.32. The Bertz CT molecular complexity index is 338. The van der Waals surface area contributed by atoms with Crippen molar-refractivity contribution < 1.29 is 4.74 Å². The monoisotopic (exact) mass is 296 g/mol. The molecule has 0 aliphatic carbocycles. The topological polar surface area (TPSA) is 9.23 Å². The van der Waals surface area contributed by atoms with Crippen molar-refractivity contribution >= 4 is 15.9 Å². The van der Waals surface area contributed by atoms with E-state index in [-0.39, 0.29) is 0 Å². The first kappa shape index (κ1) is 13.1. The molecule has 0 amide bonds. The highest BCUT2D eigenvalue weighted by Crippen LogP contribution is 2.33. The molecule has 0 saturated carbocycles. The van der Waals surface area contributed by atoms with Gasteiger partial charge in [-0.05, 0) is 36.3 Å². The molecule has 0 radical (unpaired) electrons. The van der Waals surface area contributed by atoms with Crippen molar-refractivity contribution in [3.05, 3.63) is 35.4 Å². The number of benzene rings is 1. The molecule has 0 aromatic heterocycles. The second-order valence-electron chi connectivity index (χ2n) is 5.13. The maximum Gasteiger partial charge on any atom is 0.0740 e. The van der Waals surface area contributed by atoms with Crippen LogP contribution in [0.3, 0.4) is 0 Å². The summed E-state index contributed by atoms with van der Waals surface area (Å²) in [5.41, 5.74) is 2.74. The van der Waals surface area contributed by atoms with Crippen LogP contribution in [0.1, 0.15) is 55.0 Å². The zero-order valence-electron chi connectivity index (χ0n) is 10.7. The van der Waals surface area contributed by atoms with Crippen molar-refractivity contribution in [2.75, 3.05) is 6.61 Å². The molecule has 2 atom stereocenters. The van der Waals surface area contributed by atoms with Crippen LogP contribution in [0.5, 0.6) is 0 Å². The lowest BCUT2D eigenvalue weighted by molar-refractivity contribution is 0.0160. The van der Waals surface area contributed by atoms with Crippen LogP contribution in [-0.4, -0.2) is 12.7 Å². The number of ether oxygens (including phenoxy) is 1. The highest BCUT2D eigenvalue weighted by Gasteiger charge is 2.23. The molecule has 0 N–H and O–H groups in total. The minimum absolute atomic E-state index is 0.337. The lowest BCUT2D eigenvalue weighted by Gasteiger charge is -2.27. The minimum atomic E-state index is 0.337. The van der Waals surface area contributed by atoms with Crippen LogP contribution in [-0.2, 0) is 4.74 Å². The van der Waals surface area contributed by atoms with Gasteiger partial charge in [-0.15, -0.1) is 0 Å². The van der Waals surface area contributed by atoms with Gasteiger partial charge in [-0.1, -0.05) is 54.0 Å². The van der Waals surface area contributed by atoms with Crippen molar-refractivity contribution in [2.24, 2.45) is 0 Å². The summed E-state index contributed by atoms with van der Waals surface area (Å²) in [6.07, 6.45) is 4.01. The van der Waals surface area contributed by atoms with Gasteiger partial charge < -0.3 is 4.74 Å². The normalized spacial score (nSPS) is 22.7. The Kier molecular flexibility index (Phi) is 4.63. The van der Waals surface area contributed by atoms with Gasteiger partial charge in [-0.25, -0.2) is 0 Å². The molecule has 0 bridgehead atoms. The van der Waals surface area contributed by atoms with E-state index < -0.39 is 0 Å². The van der Waals surface area contributed by atoms with Gasteiger partial charge in [-0.3, -0.25) is 0 Å². The van der Waals surface area contributed by atoms with E-state index >= 15 is 0 Å². The molecule has 1 aromatic carbocycles. The summed E-state index contributed by atoms with van der Waals surface area (Å²) in [5.74, 6) is 0.601. The first-order valence-electron chi connectivity index (χ1n) is 6.54. The van der Waals surface area contributed by atoms with Crippen LogP contribution in [0, 0.1) is 0 Å². The molecule has 1 saturated heterocycles. The van der Waals surface area contributed by atoms with E-state index in [2.05, 4.69) is 54.0 Å². The van der Waals surface area contributed by atoms with E-state index in [4.69, 9.17) is 4.74 Å². The zero-order chi connectivity index (χ0) is 12.3. The van der Waals surface area contributed by atoms with Crippen molar-refractivity contribution in [3.8, 4) is 0 Å². The third-order valence-corrected chi connectivity index (χ3v) is 4.58. The summed E-state index contributed by atoms with van der Waals surface area (Å²) >= 11 is 3.78. The molecular formula is C15H21BrO. The minimum Gasteiger partial charge on any atom is -0.377 e. The number of halogens is 1. The van der Waals surface area contributed by atoms with E-state index in [1.807, 2.05) is 0 Å². The summed E-state index contributed by atoms with van der Waals surface area (Å²) in [6, 6.07) is 8.92. The van der Waals surface area contributed by atoms with Crippen molar-refractivity contribution in [1.82, 2.24) is 0 Å². The van der Waals surface area contributed by atoms with E-state index in [0.717, 1.165) is 6.61 Å². The first-order chi connectivity index (χ1) is 8.18. The number of alkyl halides is 1. The Balaban J connectivity index is 2.05. The van der Waals surface area contributed by atoms with Crippen molar-refractivity contribution in [1.29, 1.82) is 0 Å². The molecule has 1 fully saturated rings. The standard InChI is InChI=1S/C15H21BrO/c1-11(2)12-6-8-13(9-7-12)15(16)14-5-3-4-10-17-14/h6-9,11,14-15H,3-5,10H2,1-2H3. The zero-order valence-corrected chi connectivity index (χ0v) is 12.2. The quantitative estimate of drug-likeness (QED) is 0.727. The van der Waals surface area contributed by atoms with Crippen LogP contribution in [0.25, 0.3) is 0 Å². The Morgan fingerprint density at radius 1 is 1.12 bits per heavy atom. The molecule has 2 unspecified atom stereocenters. The molecule has 1 aliphatic rings. The second-order valence-corrected chi connectivity index (χ2v) is 6.11. The summed E-state index contributed by atoms with van der Waals surface area (Å²) in [7, 11) is 0. The fourth-order valence-electron chi connectivity index (χ4n) is 2.28. The van der Waals surface area contributed by atoms with Gasteiger partial charge in [0.05, 0.1) is 10.9 Å². The highest BCUT2D eigenvalue weighted by molar-refractivity contribution is 9.09. The summed E-state index contributed by atoms with van der Waals surface area (Å²) in [4.78, 5) is 0.337.